The van der Waals surface area contributed by atoms with Gasteiger partial charge < -0.3 is 4.57 Å². The smallest absolute Gasteiger partial charge is 0.259 e. The maximum Gasteiger partial charge on any atom is 0.259 e. The van der Waals surface area contributed by atoms with Crippen LogP contribution in [0.3, 0.4) is 0 Å². The molecule has 0 aliphatic heterocycles. The monoisotopic (exact) mass is 362 g/mol. The van der Waals surface area contributed by atoms with Gasteiger partial charge in [0.25, 0.3) is 10.0 Å². The van der Waals surface area contributed by atoms with E-state index in [4.69, 9.17) is 0 Å². The van der Waals surface area contributed by atoms with Gasteiger partial charge in [0.2, 0.25) is 0 Å². The van der Waals surface area contributed by atoms with Crippen LogP contribution < -0.4 is 4.72 Å². The summed E-state index contributed by atoms with van der Waals surface area (Å²) >= 11 is 1.57. The van der Waals surface area contributed by atoms with E-state index in [9.17, 15) is 8.42 Å². The van der Waals surface area contributed by atoms with Gasteiger partial charge in [0.05, 0.1) is 10.6 Å². The molecule has 1 N–H and O–H groups in total. The van der Waals surface area contributed by atoms with E-state index >= 15 is 0 Å². The molecule has 6 nitrogen and oxygen atoms in total. The van der Waals surface area contributed by atoms with Gasteiger partial charge in [-0.3, -0.25) is 4.98 Å². The van der Waals surface area contributed by atoms with Crippen LogP contribution in [0.15, 0.2) is 47.1 Å². The van der Waals surface area contributed by atoms with E-state index in [2.05, 4.69) is 14.7 Å². The van der Waals surface area contributed by atoms with E-state index in [0.717, 1.165) is 16.1 Å². The zero-order valence-electron chi connectivity index (χ0n) is 13.4. The number of aryl methyl sites for hydroxylation is 2. The van der Waals surface area contributed by atoms with E-state index in [0.29, 0.717) is 12.4 Å². The highest BCUT2D eigenvalue weighted by Crippen LogP contribution is 2.26. The second kappa shape index (κ2) is 6.84. The average molecular weight is 362 g/mol. The van der Waals surface area contributed by atoms with Crippen LogP contribution in [0.5, 0.6) is 0 Å². The number of thiophene rings is 1. The fraction of sp³-hybridized carbons (Fsp3) is 0.250. The minimum absolute atomic E-state index is 0.0448. The molecule has 3 rings (SSSR count). The predicted octanol–water partition coefficient (Wildman–Crippen LogP) is 2.81. The first-order chi connectivity index (χ1) is 11.5. The lowest BCUT2D eigenvalue weighted by Gasteiger charge is -2.08. The summed E-state index contributed by atoms with van der Waals surface area (Å²) in [6.45, 7) is 4.58. The van der Waals surface area contributed by atoms with Gasteiger partial charge in [-0.15, -0.1) is 11.3 Å². The lowest BCUT2D eigenvalue weighted by molar-refractivity contribution is 0.577. The summed E-state index contributed by atoms with van der Waals surface area (Å²) in [4.78, 5) is 9.53. The molecule has 0 amide bonds. The molecular weight excluding hydrogens is 344 g/mol. The fourth-order valence-corrected chi connectivity index (χ4v) is 4.16. The molecule has 3 aromatic rings. The number of imidazole rings is 1. The number of pyridine rings is 1. The van der Waals surface area contributed by atoms with Crippen molar-refractivity contribution in [2.24, 2.45) is 0 Å². The van der Waals surface area contributed by atoms with E-state index in [1.54, 1.807) is 41.3 Å². The highest BCUT2D eigenvalue weighted by atomic mass is 32.2. The van der Waals surface area contributed by atoms with Crippen molar-refractivity contribution in [2.45, 2.75) is 32.0 Å². The number of sulfonamides is 1. The van der Waals surface area contributed by atoms with Crippen molar-refractivity contribution in [1.82, 2.24) is 19.3 Å². The molecule has 0 saturated heterocycles. The first-order valence-electron chi connectivity index (χ1n) is 7.52. The van der Waals surface area contributed by atoms with Crippen molar-refractivity contribution in [3.63, 3.8) is 0 Å². The molecule has 0 fully saturated rings. The first kappa shape index (κ1) is 16.8. The number of rotatable bonds is 6. The highest BCUT2D eigenvalue weighted by molar-refractivity contribution is 7.89. The lowest BCUT2D eigenvalue weighted by atomic mass is 10.2. The highest BCUT2D eigenvalue weighted by Gasteiger charge is 2.19. The summed E-state index contributed by atoms with van der Waals surface area (Å²) in [5, 5.41) is 2.02. The van der Waals surface area contributed by atoms with Crippen LogP contribution >= 0.6 is 11.3 Å². The van der Waals surface area contributed by atoms with Crippen LogP contribution in [0.25, 0.3) is 10.6 Å². The normalized spacial score (nSPS) is 11.8. The Balaban J connectivity index is 1.83. The summed E-state index contributed by atoms with van der Waals surface area (Å²) in [6, 6.07) is 7.59. The summed E-state index contributed by atoms with van der Waals surface area (Å²) in [5.74, 6) is 0.679. The van der Waals surface area contributed by atoms with Gasteiger partial charge in [-0.05, 0) is 36.9 Å². The number of hydrogen-bond donors (Lipinski definition) is 1. The molecule has 8 heteroatoms. The molecule has 0 spiro atoms. The molecule has 24 heavy (non-hydrogen) atoms. The van der Waals surface area contributed by atoms with Crippen LogP contribution in [-0.4, -0.2) is 23.0 Å². The maximum atomic E-state index is 12.5. The molecule has 3 heterocycles. The van der Waals surface area contributed by atoms with Crippen LogP contribution in [0.2, 0.25) is 0 Å². The standard InChI is InChI=1S/C16H18N4O2S2/c1-3-20-11-15(19-12(20)2)24(21,22)18-10-13-6-4-8-17-16(13)14-7-5-9-23-14/h4-9,11,18H,3,10H2,1-2H3. The minimum atomic E-state index is -3.66. The minimum Gasteiger partial charge on any atom is -0.334 e. The van der Waals surface area contributed by atoms with Crippen LogP contribution in [0.4, 0.5) is 0 Å². The Bertz CT molecular complexity index is 931. The first-order valence-corrected chi connectivity index (χ1v) is 9.88. The molecule has 3 aromatic heterocycles. The summed E-state index contributed by atoms with van der Waals surface area (Å²) in [7, 11) is -3.66. The Hall–Kier alpha value is -2.03. The number of hydrogen-bond acceptors (Lipinski definition) is 5. The van der Waals surface area contributed by atoms with Crippen LogP contribution in [0, 0.1) is 6.92 Å². The molecule has 0 aromatic carbocycles. The van der Waals surface area contributed by atoms with Gasteiger partial charge in [-0.25, -0.2) is 18.1 Å². The van der Waals surface area contributed by atoms with Gasteiger partial charge in [0.15, 0.2) is 5.03 Å². The van der Waals surface area contributed by atoms with E-state index < -0.39 is 10.0 Å². The van der Waals surface area contributed by atoms with Crippen molar-refractivity contribution in [3.8, 4) is 10.6 Å². The van der Waals surface area contributed by atoms with Gasteiger partial charge in [-0.2, -0.15) is 0 Å². The van der Waals surface area contributed by atoms with E-state index in [1.807, 2.05) is 30.5 Å². The molecule has 126 valence electrons. The maximum absolute atomic E-state index is 12.5. The summed E-state index contributed by atoms with van der Waals surface area (Å²) in [5.41, 5.74) is 1.63. The van der Waals surface area contributed by atoms with Gasteiger partial charge >= 0.3 is 0 Å². The predicted molar refractivity (Wildman–Crippen MR) is 94.2 cm³/mol. The number of aromatic nitrogens is 3. The van der Waals surface area contributed by atoms with Gasteiger partial charge in [-0.1, -0.05) is 12.1 Å². The molecule has 0 aliphatic carbocycles. The van der Waals surface area contributed by atoms with Crippen molar-refractivity contribution < 1.29 is 8.42 Å². The summed E-state index contributed by atoms with van der Waals surface area (Å²) in [6.07, 6.45) is 3.26. The SMILES string of the molecule is CCn1cc(S(=O)(=O)NCc2cccnc2-c2cccs2)nc1C. The Morgan fingerprint density at radius 3 is 2.79 bits per heavy atom. The molecule has 0 aliphatic rings. The van der Waals surface area contributed by atoms with Crippen LogP contribution in [-0.2, 0) is 23.1 Å². The molecule has 0 radical (unpaired) electrons. The summed E-state index contributed by atoms with van der Waals surface area (Å²) < 4.78 is 29.4. The number of nitrogens with one attached hydrogen (secondary N) is 1. The van der Waals surface area contributed by atoms with Crippen molar-refractivity contribution in [2.75, 3.05) is 0 Å². The van der Waals surface area contributed by atoms with Crippen molar-refractivity contribution in [1.29, 1.82) is 0 Å². The quantitative estimate of drug-likeness (QED) is 0.731. The Kier molecular flexibility index (Phi) is 4.79. The zero-order valence-corrected chi connectivity index (χ0v) is 15.1. The second-order valence-corrected chi connectivity index (χ2v) is 7.89. The molecule has 0 unspecified atom stereocenters. The topological polar surface area (TPSA) is 76.9 Å². The molecule has 0 bridgehead atoms. The fourth-order valence-electron chi connectivity index (χ4n) is 2.39. The Morgan fingerprint density at radius 1 is 1.29 bits per heavy atom. The second-order valence-electron chi connectivity index (χ2n) is 5.23. The van der Waals surface area contributed by atoms with E-state index in [-0.39, 0.29) is 11.6 Å². The zero-order chi connectivity index (χ0) is 17.2. The lowest BCUT2D eigenvalue weighted by Crippen LogP contribution is -2.24. The molecule has 0 saturated carbocycles. The largest absolute Gasteiger partial charge is 0.334 e. The Morgan fingerprint density at radius 2 is 2.12 bits per heavy atom. The van der Waals surface area contributed by atoms with Gasteiger partial charge in [0, 0.05) is 25.5 Å². The molecule has 0 atom stereocenters. The van der Waals surface area contributed by atoms with Crippen LogP contribution in [0.1, 0.15) is 18.3 Å². The van der Waals surface area contributed by atoms with E-state index in [1.165, 1.54) is 0 Å². The number of nitrogens with zero attached hydrogens (tertiary/aromatic N) is 3. The van der Waals surface area contributed by atoms with Crippen molar-refractivity contribution >= 4 is 21.4 Å². The van der Waals surface area contributed by atoms with Gasteiger partial charge in [0.1, 0.15) is 5.82 Å². The molecular formula is C16H18N4O2S2. The Labute approximate surface area is 145 Å². The third kappa shape index (κ3) is 3.40. The third-order valence-electron chi connectivity index (χ3n) is 3.67. The third-order valence-corrected chi connectivity index (χ3v) is 5.82. The average Bonchev–Trinajstić information content (AvgIpc) is 3.23. The van der Waals surface area contributed by atoms with Crippen molar-refractivity contribution in [3.05, 3.63) is 53.4 Å².